The molecule has 4 aromatic rings. The van der Waals surface area contributed by atoms with Crippen LogP contribution in [0.3, 0.4) is 0 Å². The molecule has 1 fully saturated rings. The molecule has 1 N–H and O–H groups in total. The maximum atomic E-state index is 12.2. The molecule has 1 atom stereocenters. The predicted molar refractivity (Wildman–Crippen MR) is 122 cm³/mol. The minimum atomic E-state index is -3.14. The van der Waals surface area contributed by atoms with Crippen molar-refractivity contribution < 1.29 is 22.7 Å². The third-order valence-corrected chi connectivity index (χ3v) is 7.53. The first kappa shape index (κ1) is 21.1. The molecule has 1 unspecified atom stereocenters. The molecule has 1 aliphatic rings. The number of carboxylic acids is 1. The number of carbonyl (C=O) groups is 1. The van der Waals surface area contributed by atoms with Crippen LogP contribution in [-0.4, -0.2) is 45.8 Å². The van der Waals surface area contributed by atoms with Gasteiger partial charge in [0, 0.05) is 18.2 Å². The summed E-state index contributed by atoms with van der Waals surface area (Å²) in [6, 6.07) is 15.5. The van der Waals surface area contributed by atoms with Crippen LogP contribution in [0.15, 0.2) is 71.5 Å². The summed E-state index contributed by atoms with van der Waals surface area (Å²) < 4.78 is 32.0. The Kier molecular flexibility index (Phi) is 5.33. The number of rotatable bonds is 6. The van der Waals surface area contributed by atoms with Crippen LogP contribution in [0.2, 0.25) is 0 Å². The van der Waals surface area contributed by atoms with Gasteiger partial charge < -0.3 is 9.52 Å². The van der Waals surface area contributed by atoms with E-state index >= 15 is 0 Å². The zero-order valence-corrected chi connectivity index (χ0v) is 18.4. The monoisotopic (exact) mass is 463 g/mol. The molecule has 0 bridgehead atoms. The van der Waals surface area contributed by atoms with Crippen LogP contribution >= 0.6 is 0 Å². The van der Waals surface area contributed by atoms with E-state index in [9.17, 15) is 18.3 Å². The highest BCUT2D eigenvalue weighted by atomic mass is 32.2. The van der Waals surface area contributed by atoms with Gasteiger partial charge in [-0.05, 0) is 48.4 Å². The molecule has 1 aromatic carbocycles. The van der Waals surface area contributed by atoms with E-state index in [4.69, 9.17) is 9.52 Å². The summed E-state index contributed by atoms with van der Waals surface area (Å²) in [5.74, 6) is -0.305. The van der Waals surface area contributed by atoms with Crippen LogP contribution in [-0.2, 0) is 16.3 Å². The standard InChI is InChI=1S/C24H21N3O5S/c28-24(29)17-6-3-5-16(13-17)14-19-22(20-7-1-2-10-25-20)26-27(18-9-12-33(30,31)15-18)23(19)21-8-4-11-32-21/h1-8,10-11,13,18H,9,12,14-15H2,(H,28,29). The van der Waals surface area contributed by atoms with Crippen molar-refractivity contribution in [2.24, 2.45) is 0 Å². The summed E-state index contributed by atoms with van der Waals surface area (Å²) in [6.45, 7) is 0. The maximum absolute atomic E-state index is 12.2. The van der Waals surface area contributed by atoms with Crippen LogP contribution in [0, 0.1) is 0 Å². The second kappa shape index (κ2) is 8.32. The van der Waals surface area contributed by atoms with Crippen LogP contribution in [0.4, 0.5) is 0 Å². The molecule has 0 amide bonds. The van der Waals surface area contributed by atoms with E-state index in [0.29, 0.717) is 35.7 Å². The average molecular weight is 464 g/mol. The predicted octanol–water partition coefficient (Wildman–Crippen LogP) is 3.85. The van der Waals surface area contributed by atoms with Gasteiger partial charge in [0.1, 0.15) is 11.4 Å². The van der Waals surface area contributed by atoms with Gasteiger partial charge in [-0.1, -0.05) is 18.2 Å². The highest BCUT2D eigenvalue weighted by Gasteiger charge is 2.34. The molecule has 0 radical (unpaired) electrons. The van der Waals surface area contributed by atoms with Gasteiger partial charge in [-0.3, -0.25) is 9.67 Å². The topological polar surface area (TPSA) is 115 Å². The zero-order valence-electron chi connectivity index (χ0n) is 17.6. The van der Waals surface area contributed by atoms with E-state index in [1.54, 1.807) is 41.4 Å². The number of benzene rings is 1. The van der Waals surface area contributed by atoms with Crippen molar-refractivity contribution in [3.8, 4) is 22.8 Å². The Hall–Kier alpha value is -3.72. The van der Waals surface area contributed by atoms with Crippen LogP contribution < -0.4 is 0 Å². The van der Waals surface area contributed by atoms with Crippen molar-refractivity contribution in [3.05, 3.63) is 83.7 Å². The van der Waals surface area contributed by atoms with Crippen LogP contribution in [0.1, 0.15) is 33.9 Å². The normalized spacial score (nSPS) is 17.3. The minimum Gasteiger partial charge on any atom is -0.478 e. The third-order valence-electron chi connectivity index (χ3n) is 5.78. The van der Waals surface area contributed by atoms with E-state index in [1.165, 1.54) is 0 Å². The lowest BCUT2D eigenvalue weighted by atomic mass is 9.98. The fraction of sp³-hybridized carbons (Fsp3) is 0.208. The Labute approximate surface area is 190 Å². The molecule has 8 nitrogen and oxygen atoms in total. The van der Waals surface area contributed by atoms with Crippen LogP contribution in [0.5, 0.6) is 0 Å². The summed E-state index contributed by atoms with van der Waals surface area (Å²) in [5, 5.41) is 14.3. The first-order valence-electron chi connectivity index (χ1n) is 10.5. The third kappa shape index (κ3) is 4.19. The number of hydrogen-bond acceptors (Lipinski definition) is 6. The van der Waals surface area contributed by atoms with E-state index in [-0.39, 0.29) is 23.1 Å². The highest BCUT2D eigenvalue weighted by molar-refractivity contribution is 7.91. The largest absolute Gasteiger partial charge is 0.478 e. The molecule has 9 heteroatoms. The lowest BCUT2D eigenvalue weighted by molar-refractivity contribution is 0.0696. The number of aromatic carboxylic acids is 1. The Bertz CT molecular complexity index is 1410. The SMILES string of the molecule is O=C(O)c1cccc(Cc2c(-c3ccccn3)nn(C3CCS(=O)(=O)C3)c2-c2ccco2)c1. The number of hydrogen-bond donors (Lipinski definition) is 1. The van der Waals surface area contributed by atoms with Gasteiger partial charge in [-0.2, -0.15) is 5.10 Å². The van der Waals surface area contributed by atoms with Crippen molar-refractivity contribution in [2.45, 2.75) is 18.9 Å². The second-order valence-electron chi connectivity index (χ2n) is 8.05. The molecule has 1 saturated heterocycles. The first-order chi connectivity index (χ1) is 15.9. The lowest BCUT2D eigenvalue weighted by Gasteiger charge is -2.13. The number of furan rings is 1. The van der Waals surface area contributed by atoms with Gasteiger partial charge in [0.15, 0.2) is 15.6 Å². The fourth-order valence-corrected chi connectivity index (χ4v) is 5.96. The fourth-order valence-electron chi connectivity index (χ4n) is 4.27. The number of sulfone groups is 1. The molecule has 0 spiro atoms. The smallest absolute Gasteiger partial charge is 0.335 e. The Morgan fingerprint density at radius 1 is 1.15 bits per heavy atom. The summed E-state index contributed by atoms with van der Waals surface area (Å²) in [5.41, 5.74) is 3.74. The van der Waals surface area contributed by atoms with Crippen molar-refractivity contribution in [1.82, 2.24) is 14.8 Å². The Balaban J connectivity index is 1.71. The Morgan fingerprint density at radius 3 is 2.70 bits per heavy atom. The van der Waals surface area contributed by atoms with Crippen molar-refractivity contribution in [2.75, 3.05) is 11.5 Å². The van der Waals surface area contributed by atoms with Gasteiger partial charge >= 0.3 is 5.97 Å². The molecule has 4 heterocycles. The molecule has 1 aliphatic heterocycles. The molecule has 168 valence electrons. The van der Waals surface area contributed by atoms with Gasteiger partial charge in [-0.25, -0.2) is 13.2 Å². The van der Waals surface area contributed by atoms with Crippen molar-refractivity contribution >= 4 is 15.8 Å². The molecular weight excluding hydrogens is 442 g/mol. The minimum absolute atomic E-state index is 0.0119. The molecule has 33 heavy (non-hydrogen) atoms. The van der Waals surface area contributed by atoms with Gasteiger partial charge in [0.05, 0.1) is 35.1 Å². The van der Waals surface area contributed by atoms with Crippen molar-refractivity contribution in [3.63, 3.8) is 0 Å². The molecular formula is C24H21N3O5S. The molecule has 0 saturated carbocycles. The van der Waals surface area contributed by atoms with Crippen molar-refractivity contribution in [1.29, 1.82) is 0 Å². The van der Waals surface area contributed by atoms with Gasteiger partial charge in [-0.15, -0.1) is 0 Å². The van der Waals surface area contributed by atoms with E-state index < -0.39 is 15.8 Å². The summed E-state index contributed by atoms with van der Waals surface area (Å²) in [4.78, 5) is 16.0. The molecule has 0 aliphatic carbocycles. The first-order valence-corrected chi connectivity index (χ1v) is 12.3. The average Bonchev–Trinajstić information content (AvgIpc) is 3.53. The summed E-state index contributed by atoms with van der Waals surface area (Å²) >= 11 is 0. The number of nitrogens with zero attached hydrogens (tertiary/aromatic N) is 3. The molecule has 3 aromatic heterocycles. The Morgan fingerprint density at radius 2 is 2.03 bits per heavy atom. The van der Waals surface area contributed by atoms with E-state index in [0.717, 1.165) is 11.1 Å². The lowest BCUT2D eigenvalue weighted by Crippen LogP contribution is -2.14. The number of carboxylic acid groups (broad SMARTS) is 1. The number of pyridine rings is 1. The zero-order chi connectivity index (χ0) is 23.0. The maximum Gasteiger partial charge on any atom is 0.335 e. The second-order valence-corrected chi connectivity index (χ2v) is 10.3. The van der Waals surface area contributed by atoms with E-state index in [2.05, 4.69) is 4.98 Å². The number of aromatic nitrogens is 3. The summed E-state index contributed by atoms with van der Waals surface area (Å²) in [7, 11) is -3.14. The quantitative estimate of drug-likeness (QED) is 0.462. The van der Waals surface area contributed by atoms with Crippen LogP contribution in [0.25, 0.3) is 22.8 Å². The van der Waals surface area contributed by atoms with Gasteiger partial charge in [0.2, 0.25) is 0 Å². The molecule has 5 rings (SSSR count). The van der Waals surface area contributed by atoms with Gasteiger partial charge in [0.25, 0.3) is 0 Å². The highest BCUT2D eigenvalue weighted by Crippen LogP contribution is 2.38. The summed E-state index contributed by atoms with van der Waals surface area (Å²) in [6.07, 6.45) is 4.08. The van der Waals surface area contributed by atoms with E-state index in [1.807, 2.05) is 30.3 Å².